The van der Waals surface area contributed by atoms with Crippen LogP contribution >= 0.6 is 22.9 Å². The highest BCUT2D eigenvalue weighted by Gasteiger charge is 2.10. The lowest BCUT2D eigenvalue weighted by molar-refractivity contribution is -0.359. The van der Waals surface area contributed by atoms with Crippen LogP contribution in [0.25, 0.3) is 10.6 Å². The van der Waals surface area contributed by atoms with Gasteiger partial charge in [0, 0.05) is 5.02 Å². The van der Waals surface area contributed by atoms with Crippen molar-refractivity contribution in [2.45, 2.75) is 0 Å². The lowest BCUT2D eigenvalue weighted by atomic mass is 10.2. The summed E-state index contributed by atoms with van der Waals surface area (Å²) in [6.07, 6.45) is 1.55. The summed E-state index contributed by atoms with van der Waals surface area (Å²) < 4.78 is 0. The largest absolute Gasteiger partial charge is 0.369 e. The van der Waals surface area contributed by atoms with Crippen LogP contribution in [0.3, 0.4) is 0 Å². The first kappa shape index (κ1) is 12.5. The van der Waals surface area contributed by atoms with Crippen LogP contribution in [-0.4, -0.2) is 12.2 Å². The summed E-state index contributed by atoms with van der Waals surface area (Å²) in [6.45, 7) is 0. The number of aromatic nitrogens is 1. The van der Waals surface area contributed by atoms with E-state index in [9.17, 15) is 0 Å². The number of halogens is 1. The average molecular weight is 281 g/mol. The van der Waals surface area contributed by atoms with E-state index < -0.39 is 0 Å². The van der Waals surface area contributed by atoms with Crippen molar-refractivity contribution < 1.29 is 4.98 Å². The van der Waals surface area contributed by atoms with Gasteiger partial charge in [-0.25, -0.2) is 0 Å². The minimum atomic E-state index is -0.0700. The lowest BCUT2D eigenvalue weighted by Gasteiger charge is -1.91. The van der Waals surface area contributed by atoms with Crippen molar-refractivity contribution in [1.29, 1.82) is 0 Å². The van der Waals surface area contributed by atoms with Gasteiger partial charge in [0.25, 0.3) is 5.01 Å². The van der Waals surface area contributed by atoms with Crippen LogP contribution in [0.1, 0.15) is 5.69 Å². The summed E-state index contributed by atoms with van der Waals surface area (Å²) in [6, 6.07) is 7.58. The van der Waals surface area contributed by atoms with Crippen LogP contribution in [0.15, 0.2) is 39.8 Å². The van der Waals surface area contributed by atoms with E-state index in [0.717, 1.165) is 16.3 Å². The Morgan fingerprint density at radius 1 is 1.28 bits per heavy atom. The zero-order valence-electron chi connectivity index (χ0n) is 9.30. The van der Waals surface area contributed by atoms with E-state index in [2.05, 4.69) is 15.2 Å². The quantitative estimate of drug-likeness (QED) is 0.506. The Morgan fingerprint density at radius 3 is 2.67 bits per heavy atom. The Kier molecular flexibility index (Phi) is 3.91. The van der Waals surface area contributed by atoms with Crippen molar-refractivity contribution in [1.82, 2.24) is 0 Å². The topological polar surface area (TPSA) is 90.9 Å². The van der Waals surface area contributed by atoms with Crippen molar-refractivity contribution >= 4 is 35.1 Å². The Hall–Kier alpha value is -1.92. The Balaban J connectivity index is 2.18. The summed E-state index contributed by atoms with van der Waals surface area (Å²) in [5.74, 6) is -0.0700. The number of nitrogens with two attached hydrogens (primary N) is 2. The van der Waals surface area contributed by atoms with Gasteiger partial charge in [0.1, 0.15) is 6.21 Å². The van der Waals surface area contributed by atoms with Crippen LogP contribution in [0.2, 0.25) is 5.02 Å². The van der Waals surface area contributed by atoms with Crippen LogP contribution in [0, 0.1) is 0 Å². The molecule has 2 rings (SSSR count). The number of benzene rings is 1. The molecule has 1 aromatic heterocycles. The van der Waals surface area contributed by atoms with Gasteiger partial charge in [-0.1, -0.05) is 22.9 Å². The molecule has 0 unspecified atom stereocenters. The molecule has 92 valence electrons. The van der Waals surface area contributed by atoms with Crippen LogP contribution in [-0.2, 0) is 0 Å². The highest BCUT2D eigenvalue weighted by atomic mass is 35.5. The van der Waals surface area contributed by atoms with Gasteiger partial charge >= 0.3 is 0 Å². The Labute approximate surface area is 113 Å². The maximum atomic E-state index is 5.84. The predicted octanol–water partition coefficient (Wildman–Crippen LogP) is 1.49. The molecule has 0 atom stereocenters. The molecule has 0 aliphatic heterocycles. The molecule has 5 nitrogen and oxygen atoms in total. The minimum absolute atomic E-state index is 0.0700. The van der Waals surface area contributed by atoms with Gasteiger partial charge < -0.3 is 11.5 Å². The molecule has 0 saturated carbocycles. The maximum Gasteiger partial charge on any atom is 0.267 e. The SMILES string of the molecule is NC(N)=N/N=C\c1csc(-c2ccc(Cl)cc2)[nH+]1. The molecule has 0 aliphatic rings. The Morgan fingerprint density at radius 2 is 2.00 bits per heavy atom. The van der Waals surface area contributed by atoms with Crippen molar-refractivity contribution in [3.63, 3.8) is 0 Å². The smallest absolute Gasteiger partial charge is 0.267 e. The lowest BCUT2D eigenvalue weighted by Crippen LogP contribution is -2.21. The molecule has 0 amide bonds. The first-order chi connectivity index (χ1) is 8.65. The zero-order valence-corrected chi connectivity index (χ0v) is 10.9. The van der Waals surface area contributed by atoms with E-state index >= 15 is 0 Å². The second kappa shape index (κ2) is 5.61. The normalized spacial score (nSPS) is 10.7. The Bertz CT molecular complexity index is 584. The average Bonchev–Trinajstić information content (AvgIpc) is 2.78. The van der Waals surface area contributed by atoms with Gasteiger partial charge in [-0.05, 0) is 24.3 Å². The molecular weight excluding hydrogens is 270 g/mol. The van der Waals surface area contributed by atoms with Gasteiger partial charge in [-0.15, -0.1) is 10.2 Å². The molecule has 2 aromatic rings. The molecule has 1 aromatic carbocycles. The summed E-state index contributed by atoms with van der Waals surface area (Å²) in [5, 5.41) is 10.9. The number of hydrogen-bond acceptors (Lipinski definition) is 3. The number of hydrogen-bond donors (Lipinski definition) is 2. The van der Waals surface area contributed by atoms with Crippen molar-refractivity contribution in [2.24, 2.45) is 21.7 Å². The third-order valence-electron chi connectivity index (χ3n) is 2.04. The van der Waals surface area contributed by atoms with Gasteiger partial charge in [0.05, 0.1) is 10.9 Å². The molecule has 7 heteroatoms. The highest BCUT2D eigenvalue weighted by Crippen LogP contribution is 2.21. The van der Waals surface area contributed by atoms with Gasteiger partial charge in [0.15, 0.2) is 0 Å². The molecule has 0 spiro atoms. The van der Waals surface area contributed by atoms with Crippen molar-refractivity contribution in [3.05, 3.63) is 40.4 Å². The number of nitrogens with one attached hydrogen (secondary N) is 1. The van der Waals surface area contributed by atoms with Crippen LogP contribution in [0.5, 0.6) is 0 Å². The summed E-state index contributed by atoms with van der Waals surface area (Å²) in [7, 11) is 0. The maximum absolute atomic E-state index is 5.84. The predicted molar refractivity (Wildman–Crippen MR) is 74.7 cm³/mol. The van der Waals surface area contributed by atoms with E-state index in [1.165, 1.54) is 0 Å². The number of aromatic amines is 1. The van der Waals surface area contributed by atoms with Gasteiger partial charge in [-0.2, -0.15) is 4.98 Å². The van der Waals surface area contributed by atoms with Crippen LogP contribution < -0.4 is 16.5 Å². The van der Waals surface area contributed by atoms with Crippen LogP contribution in [0.4, 0.5) is 0 Å². The molecule has 0 radical (unpaired) electrons. The molecule has 0 bridgehead atoms. The van der Waals surface area contributed by atoms with E-state index in [1.807, 2.05) is 29.6 Å². The summed E-state index contributed by atoms with van der Waals surface area (Å²) >= 11 is 7.40. The number of guanidine groups is 1. The molecule has 1 heterocycles. The van der Waals surface area contributed by atoms with Crippen molar-refractivity contribution in [3.8, 4) is 10.6 Å². The van der Waals surface area contributed by atoms with Crippen molar-refractivity contribution in [2.75, 3.05) is 0 Å². The summed E-state index contributed by atoms with van der Waals surface area (Å²) in [5.41, 5.74) is 12.2. The number of rotatable bonds is 3. The molecule has 0 aliphatic carbocycles. The van der Waals surface area contributed by atoms with E-state index in [1.54, 1.807) is 17.6 Å². The molecular formula is C11H11ClN5S+. The summed E-state index contributed by atoms with van der Waals surface area (Å²) in [4.78, 5) is 3.20. The second-order valence-corrected chi connectivity index (χ2v) is 4.74. The first-order valence-corrected chi connectivity index (χ1v) is 6.29. The van der Waals surface area contributed by atoms with Gasteiger partial charge in [0.2, 0.25) is 11.7 Å². The fourth-order valence-electron chi connectivity index (χ4n) is 1.27. The molecule has 0 fully saturated rings. The molecule has 0 saturated heterocycles. The minimum Gasteiger partial charge on any atom is -0.369 e. The zero-order chi connectivity index (χ0) is 13.0. The first-order valence-electron chi connectivity index (χ1n) is 5.04. The van der Waals surface area contributed by atoms with E-state index in [0.29, 0.717) is 5.02 Å². The van der Waals surface area contributed by atoms with Gasteiger partial charge in [-0.3, -0.25) is 0 Å². The highest BCUT2D eigenvalue weighted by molar-refractivity contribution is 7.12. The standard InChI is InChI=1S/C11H10ClN5S/c12-8-3-1-7(2-4-8)10-16-9(6-18-10)5-15-17-11(13)14/h1-6H,(H4,13,14,17)/p+1/b15-5-. The fraction of sp³-hybridized carbons (Fsp3) is 0. The monoisotopic (exact) mass is 280 g/mol. The third-order valence-corrected chi connectivity index (χ3v) is 3.24. The van der Waals surface area contributed by atoms with E-state index in [-0.39, 0.29) is 5.96 Å². The second-order valence-electron chi connectivity index (χ2n) is 3.42. The van der Waals surface area contributed by atoms with E-state index in [4.69, 9.17) is 23.1 Å². The molecule has 18 heavy (non-hydrogen) atoms. The number of thiazole rings is 1. The number of H-pyrrole nitrogens is 1. The number of nitrogens with zero attached hydrogens (tertiary/aromatic N) is 2. The molecule has 5 N–H and O–H groups in total. The fourth-order valence-corrected chi connectivity index (χ4v) is 2.21. The third kappa shape index (κ3) is 3.28.